The van der Waals surface area contributed by atoms with E-state index in [1.54, 1.807) is 18.3 Å². The number of rotatable bonds is 6. The Morgan fingerprint density at radius 1 is 1.17 bits per heavy atom. The molecule has 2 atom stereocenters. The van der Waals surface area contributed by atoms with Gasteiger partial charge < -0.3 is 20.5 Å². The Morgan fingerprint density at radius 2 is 1.90 bits per heavy atom. The Labute approximate surface area is 179 Å². The molecular weight excluding hydrogens is 372 g/mol. The molecule has 0 fully saturated rings. The minimum atomic E-state index is 0.00000472. The minimum absolute atomic E-state index is 0.00000472. The fourth-order valence-corrected chi connectivity index (χ4v) is 3.91. The van der Waals surface area contributed by atoms with Crippen molar-refractivity contribution >= 4 is 5.69 Å². The van der Waals surface area contributed by atoms with Crippen LogP contribution in [0.15, 0.2) is 90.7 Å². The van der Waals surface area contributed by atoms with E-state index in [0.29, 0.717) is 12.4 Å². The molecule has 30 heavy (non-hydrogen) atoms. The van der Waals surface area contributed by atoms with Crippen molar-refractivity contribution in [2.45, 2.75) is 12.8 Å². The van der Waals surface area contributed by atoms with Gasteiger partial charge in [0.25, 0.3) is 0 Å². The van der Waals surface area contributed by atoms with Crippen LogP contribution in [0.1, 0.15) is 24.0 Å². The molecule has 0 radical (unpaired) electrons. The summed E-state index contributed by atoms with van der Waals surface area (Å²) in [6, 6.07) is 13.9. The molecule has 3 N–H and O–H groups in total. The zero-order chi connectivity index (χ0) is 21.7. The summed E-state index contributed by atoms with van der Waals surface area (Å²) in [5, 5.41) is 9.93. The lowest BCUT2D eigenvalue weighted by molar-refractivity contribution is 0.228. The average molecular weight is 403 g/mol. The van der Waals surface area contributed by atoms with Gasteiger partial charge in [-0.1, -0.05) is 49.1 Å². The van der Waals surface area contributed by atoms with Gasteiger partial charge in [0.2, 0.25) is 0 Å². The van der Waals surface area contributed by atoms with E-state index in [9.17, 15) is 5.11 Å². The second kappa shape index (κ2) is 9.40. The van der Waals surface area contributed by atoms with Crippen molar-refractivity contribution in [1.29, 1.82) is 0 Å². The number of phenols is 1. The van der Waals surface area contributed by atoms with Crippen LogP contribution in [0.25, 0.3) is 0 Å². The molecule has 0 saturated heterocycles. The first-order valence-electron chi connectivity index (χ1n) is 10.1. The van der Waals surface area contributed by atoms with Crippen LogP contribution in [-0.4, -0.2) is 25.8 Å². The number of fused-ring (bicyclic) bond motifs is 1. The van der Waals surface area contributed by atoms with Crippen LogP contribution in [0.5, 0.6) is 11.5 Å². The molecule has 0 saturated carbocycles. The molecule has 0 spiro atoms. The number of aromatic hydroxyl groups is 1. The fraction of sp³-hybridized carbons (Fsp3) is 0.231. The molecule has 4 heteroatoms. The molecule has 156 valence electrons. The Balaban J connectivity index is 2.07. The number of allylic oxidation sites excluding steroid dienone is 5. The third-order valence-electron chi connectivity index (χ3n) is 5.47. The third kappa shape index (κ3) is 4.43. The zero-order valence-electron chi connectivity index (χ0n) is 17.9. The number of hydrogen-bond donors (Lipinski definition) is 2. The fourth-order valence-electron chi connectivity index (χ4n) is 3.91. The van der Waals surface area contributed by atoms with Gasteiger partial charge in [-0.25, -0.2) is 0 Å². The highest BCUT2D eigenvalue weighted by Crippen LogP contribution is 2.46. The van der Waals surface area contributed by atoms with Crippen molar-refractivity contribution in [2.24, 2.45) is 11.7 Å². The molecule has 2 unspecified atom stereocenters. The first-order valence-corrected chi connectivity index (χ1v) is 10.1. The van der Waals surface area contributed by atoms with Crippen molar-refractivity contribution in [3.63, 3.8) is 0 Å². The smallest absolute Gasteiger partial charge is 0.126 e. The molecule has 0 amide bonds. The summed E-state index contributed by atoms with van der Waals surface area (Å²) in [6.07, 6.45) is 9.51. The van der Waals surface area contributed by atoms with E-state index in [1.165, 1.54) is 5.56 Å². The monoisotopic (exact) mass is 402 g/mol. The standard InChI is InChI=1S/C26H30N2O2/c1-5-6-7-8-18(2)23(16-27)24-17-30-25-15-21(29)13-14-22(25)26(24)19-9-11-20(12-10-19)28(3)4/h5-16,24,26,29H,2,17,27H2,1,3-4H3/b6-5-,8-7-,23-16+. The second-order valence-electron chi connectivity index (χ2n) is 7.64. The van der Waals surface area contributed by atoms with E-state index >= 15 is 0 Å². The van der Waals surface area contributed by atoms with Crippen LogP contribution < -0.4 is 15.4 Å². The van der Waals surface area contributed by atoms with Gasteiger partial charge >= 0.3 is 0 Å². The Morgan fingerprint density at radius 3 is 2.53 bits per heavy atom. The highest BCUT2D eigenvalue weighted by atomic mass is 16.5. The highest BCUT2D eigenvalue weighted by molar-refractivity contribution is 5.54. The normalized spacial score (nSPS) is 19.0. The van der Waals surface area contributed by atoms with Crippen molar-refractivity contribution in [1.82, 2.24) is 0 Å². The van der Waals surface area contributed by atoms with E-state index in [-0.39, 0.29) is 17.6 Å². The molecule has 0 bridgehead atoms. The molecule has 1 aliphatic heterocycles. The van der Waals surface area contributed by atoms with Gasteiger partial charge in [-0.05, 0) is 48.0 Å². The van der Waals surface area contributed by atoms with Gasteiger partial charge in [-0.2, -0.15) is 0 Å². The Hall–Kier alpha value is -3.40. The number of hydrogen-bond acceptors (Lipinski definition) is 4. The van der Waals surface area contributed by atoms with Gasteiger partial charge in [0, 0.05) is 43.2 Å². The lowest BCUT2D eigenvalue weighted by Gasteiger charge is -2.36. The maximum absolute atomic E-state index is 9.93. The lowest BCUT2D eigenvalue weighted by atomic mass is 9.74. The molecule has 0 aromatic heterocycles. The van der Waals surface area contributed by atoms with Crippen LogP contribution >= 0.6 is 0 Å². The van der Waals surface area contributed by atoms with Crippen molar-refractivity contribution in [2.75, 3.05) is 25.6 Å². The number of phenolic OH excluding ortho intramolecular Hbond substituents is 1. The van der Waals surface area contributed by atoms with E-state index in [4.69, 9.17) is 10.5 Å². The molecule has 2 aromatic carbocycles. The quantitative estimate of drug-likeness (QED) is 0.658. The van der Waals surface area contributed by atoms with Gasteiger partial charge in [0.1, 0.15) is 11.5 Å². The van der Waals surface area contributed by atoms with Gasteiger partial charge in [0.15, 0.2) is 0 Å². The molecule has 0 aliphatic carbocycles. The summed E-state index contributed by atoms with van der Waals surface area (Å²) >= 11 is 0. The van der Waals surface area contributed by atoms with Crippen LogP contribution in [0, 0.1) is 5.92 Å². The van der Waals surface area contributed by atoms with Crippen LogP contribution in [0.3, 0.4) is 0 Å². The second-order valence-corrected chi connectivity index (χ2v) is 7.64. The van der Waals surface area contributed by atoms with Crippen LogP contribution in [0.4, 0.5) is 5.69 Å². The van der Waals surface area contributed by atoms with E-state index in [2.05, 4.69) is 35.7 Å². The summed E-state index contributed by atoms with van der Waals surface area (Å²) in [7, 11) is 4.06. The van der Waals surface area contributed by atoms with Crippen molar-refractivity contribution in [3.05, 3.63) is 102 Å². The minimum Gasteiger partial charge on any atom is -0.508 e. The van der Waals surface area contributed by atoms with Crippen molar-refractivity contribution < 1.29 is 9.84 Å². The number of benzene rings is 2. The topological polar surface area (TPSA) is 58.7 Å². The number of nitrogens with two attached hydrogens (primary N) is 1. The van der Waals surface area contributed by atoms with E-state index in [0.717, 1.165) is 22.4 Å². The third-order valence-corrected chi connectivity index (χ3v) is 5.47. The largest absolute Gasteiger partial charge is 0.508 e. The highest BCUT2D eigenvalue weighted by Gasteiger charge is 2.35. The van der Waals surface area contributed by atoms with Crippen molar-refractivity contribution in [3.8, 4) is 11.5 Å². The maximum Gasteiger partial charge on any atom is 0.126 e. The summed E-state index contributed by atoms with van der Waals surface area (Å²) in [4.78, 5) is 2.08. The molecule has 4 nitrogen and oxygen atoms in total. The molecular formula is C26H30N2O2. The predicted octanol–water partition coefficient (Wildman–Crippen LogP) is 5.13. The zero-order valence-corrected chi connectivity index (χ0v) is 17.9. The van der Waals surface area contributed by atoms with Gasteiger partial charge in [0.05, 0.1) is 6.61 Å². The lowest BCUT2D eigenvalue weighted by Crippen LogP contribution is -2.29. The number of anilines is 1. The predicted molar refractivity (Wildman–Crippen MR) is 125 cm³/mol. The Kier molecular flexibility index (Phi) is 6.68. The van der Waals surface area contributed by atoms with Crippen LogP contribution in [-0.2, 0) is 0 Å². The van der Waals surface area contributed by atoms with E-state index in [1.807, 2.05) is 51.4 Å². The molecule has 3 rings (SSSR count). The van der Waals surface area contributed by atoms with Gasteiger partial charge in [-0.15, -0.1) is 0 Å². The maximum atomic E-state index is 9.93. The Bertz CT molecular complexity index is 985. The SMILES string of the molecule is C=C(/C=C\C=C/C)/C(=C\N)C1COc2cc(O)ccc2C1c1ccc(N(C)C)cc1. The molecule has 1 aliphatic rings. The van der Waals surface area contributed by atoms with E-state index < -0.39 is 0 Å². The number of nitrogens with zero attached hydrogens (tertiary/aromatic N) is 1. The average Bonchev–Trinajstić information content (AvgIpc) is 2.74. The summed E-state index contributed by atoms with van der Waals surface area (Å²) in [6.45, 7) is 6.67. The first-order chi connectivity index (χ1) is 14.5. The summed E-state index contributed by atoms with van der Waals surface area (Å²) < 4.78 is 6.05. The van der Waals surface area contributed by atoms with Crippen LogP contribution in [0.2, 0.25) is 0 Å². The summed E-state index contributed by atoms with van der Waals surface area (Å²) in [5.41, 5.74) is 11.2. The molecule has 2 aromatic rings. The van der Waals surface area contributed by atoms with Gasteiger partial charge in [-0.3, -0.25) is 0 Å². The number of ether oxygens (including phenoxy) is 1. The first kappa shape index (κ1) is 21.3. The summed E-state index contributed by atoms with van der Waals surface area (Å²) in [5.74, 6) is 0.939. The molecule has 1 heterocycles.